The summed E-state index contributed by atoms with van der Waals surface area (Å²) in [6.45, 7) is 0. The number of hydrogen-bond acceptors (Lipinski definition) is 1. The predicted molar refractivity (Wildman–Crippen MR) is 49.9 cm³/mol. The van der Waals surface area contributed by atoms with Gasteiger partial charge in [-0.2, -0.15) is 43.9 Å². The first-order chi connectivity index (χ1) is 9.21. The van der Waals surface area contributed by atoms with E-state index < -0.39 is 39.4 Å². The Morgan fingerprint density at radius 1 is 0.727 bits per heavy atom. The zero-order chi connectivity index (χ0) is 18.2. The van der Waals surface area contributed by atoms with Crippen molar-refractivity contribution in [1.82, 2.24) is 0 Å². The molecule has 1 nitrogen and oxygen atoms in total. The Morgan fingerprint density at radius 3 is 1.32 bits per heavy atom. The Hall–Kier alpha value is 0.0600. The van der Waals surface area contributed by atoms with Crippen molar-refractivity contribution in [3.63, 3.8) is 0 Å². The van der Waals surface area contributed by atoms with E-state index >= 15 is 0 Å². The molecule has 1 saturated heterocycles. The van der Waals surface area contributed by atoms with Gasteiger partial charge in [-0.15, -0.1) is 0 Å². The van der Waals surface area contributed by atoms with Gasteiger partial charge in [-0.3, -0.25) is 0 Å². The molecular weight excluding hydrogens is 415 g/mol. The molecule has 0 N–H and O–H groups in total. The van der Waals surface area contributed by atoms with Gasteiger partial charge in [-0.25, -0.2) is 4.39 Å². The third-order valence-corrected chi connectivity index (χ3v) is 3.88. The van der Waals surface area contributed by atoms with Crippen LogP contribution in [0.4, 0.5) is 48.3 Å². The molecule has 0 aliphatic carbocycles. The second-order valence-electron chi connectivity index (χ2n) is 4.02. The van der Waals surface area contributed by atoms with Crippen molar-refractivity contribution in [1.29, 1.82) is 0 Å². The molecule has 0 unspecified atom stereocenters. The molecule has 132 valence electrons. The van der Waals surface area contributed by atoms with Gasteiger partial charge in [0, 0.05) is 0 Å². The van der Waals surface area contributed by atoms with Gasteiger partial charge in [0.05, 0.1) is 0 Å². The maximum atomic E-state index is 13.7. The molecule has 1 heterocycles. The molecule has 22 heavy (non-hydrogen) atoms. The minimum absolute atomic E-state index is 2.97. The monoisotopic (exact) mass is 414 g/mol. The highest BCUT2D eigenvalue weighted by atomic mass is 35.5. The van der Waals surface area contributed by atoms with E-state index in [2.05, 4.69) is 39.5 Å². The Morgan fingerprint density at radius 2 is 1.09 bits per heavy atom. The van der Waals surface area contributed by atoms with Crippen molar-refractivity contribution >= 4 is 34.8 Å². The van der Waals surface area contributed by atoms with Crippen molar-refractivity contribution in [3.05, 3.63) is 0 Å². The standard InChI is InChI=1S/C7Cl3F11O/c8-2(4(14,15)7(19,20)21)3(12,13)1(11,6(16,17)18)5(9,10)22-2/t1-,2-/m0/s1. The van der Waals surface area contributed by atoms with Gasteiger partial charge in [-0.1, -0.05) is 34.8 Å². The van der Waals surface area contributed by atoms with Gasteiger partial charge < -0.3 is 4.74 Å². The summed E-state index contributed by atoms with van der Waals surface area (Å²) in [6.07, 6.45) is -13.7. The summed E-state index contributed by atoms with van der Waals surface area (Å²) in [5.41, 5.74) is -6.35. The summed E-state index contributed by atoms with van der Waals surface area (Å²) in [5.74, 6) is -13.6. The molecular formula is C7Cl3F11O. The summed E-state index contributed by atoms with van der Waals surface area (Å²) in [5, 5.41) is -5.88. The van der Waals surface area contributed by atoms with Gasteiger partial charge in [0.2, 0.25) is 0 Å². The quantitative estimate of drug-likeness (QED) is 0.423. The number of rotatable bonds is 1. The van der Waals surface area contributed by atoms with E-state index in [0.29, 0.717) is 0 Å². The highest BCUT2D eigenvalue weighted by Gasteiger charge is 2.98. The molecule has 0 aromatic carbocycles. The molecule has 0 radical (unpaired) electrons. The van der Waals surface area contributed by atoms with E-state index in [1.807, 2.05) is 0 Å². The summed E-state index contributed by atoms with van der Waals surface area (Å²) >= 11 is 13.2. The first kappa shape index (κ1) is 20.1. The first-order valence-electron chi connectivity index (χ1n) is 4.55. The van der Waals surface area contributed by atoms with Crippen LogP contribution in [0, 0.1) is 0 Å². The highest BCUT2D eigenvalue weighted by Crippen LogP contribution is 2.71. The summed E-state index contributed by atoms with van der Waals surface area (Å²) in [4.78, 5) is 0. The minimum Gasteiger partial charge on any atom is -0.309 e. The third-order valence-electron chi connectivity index (χ3n) is 2.66. The SMILES string of the molecule is FC(F)(F)C(F)(F)[C@@]1(Cl)OC(Cl)(Cl)[C@](F)(C(F)(F)F)C1(F)F. The lowest BCUT2D eigenvalue weighted by atomic mass is 9.92. The van der Waals surface area contributed by atoms with Crippen molar-refractivity contribution in [3.8, 4) is 0 Å². The Balaban J connectivity index is 3.72. The van der Waals surface area contributed by atoms with Gasteiger partial charge >= 0.3 is 29.9 Å². The van der Waals surface area contributed by atoms with Crippen LogP contribution in [0.15, 0.2) is 0 Å². The number of ether oxygens (including phenoxy) is 1. The van der Waals surface area contributed by atoms with Crippen molar-refractivity contribution < 1.29 is 53.0 Å². The fourth-order valence-corrected chi connectivity index (χ4v) is 2.62. The van der Waals surface area contributed by atoms with E-state index in [1.165, 1.54) is 0 Å². The Kier molecular flexibility index (Phi) is 4.18. The molecule has 0 aromatic heterocycles. The summed E-state index contributed by atoms with van der Waals surface area (Å²) in [7, 11) is 0. The fourth-order valence-electron chi connectivity index (χ4n) is 1.50. The van der Waals surface area contributed by atoms with Crippen LogP contribution < -0.4 is 0 Å². The molecule has 0 saturated carbocycles. The zero-order valence-electron chi connectivity index (χ0n) is 9.20. The fraction of sp³-hybridized carbons (Fsp3) is 1.00. The summed E-state index contributed by atoms with van der Waals surface area (Å²) in [6, 6.07) is 0. The highest BCUT2D eigenvalue weighted by molar-refractivity contribution is 6.49. The molecule has 1 aliphatic heterocycles. The Bertz CT molecular complexity index is 471. The molecule has 1 aliphatic rings. The molecule has 0 spiro atoms. The van der Waals surface area contributed by atoms with Crippen molar-refractivity contribution in [2.45, 2.75) is 39.4 Å². The van der Waals surface area contributed by atoms with E-state index in [9.17, 15) is 48.3 Å². The van der Waals surface area contributed by atoms with Crippen LogP contribution in [0.25, 0.3) is 0 Å². The second kappa shape index (κ2) is 4.57. The third kappa shape index (κ3) is 2.02. The van der Waals surface area contributed by atoms with Gasteiger partial charge in [0.1, 0.15) is 0 Å². The number of hydrogen-bond donors (Lipinski definition) is 0. The molecule has 2 atom stereocenters. The molecule has 0 bridgehead atoms. The second-order valence-corrected chi connectivity index (χ2v) is 5.81. The minimum atomic E-state index is -6.93. The largest absolute Gasteiger partial charge is 0.458 e. The van der Waals surface area contributed by atoms with Crippen molar-refractivity contribution in [2.24, 2.45) is 0 Å². The van der Waals surface area contributed by atoms with Crippen LogP contribution in [0.5, 0.6) is 0 Å². The molecule has 1 fully saturated rings. The lowest BCUT2D eigenvalue weighted by Gasteiger charge is -2.37. The van der Waals surface area contributed by atoms with Crippen molar-refractivity contribution in [2.75, 3.05) is 0 Å². The molecule has 0 amide bonds. The zero-order valence-corrected chi connectivity index (χ0v) is 11.5. The number of halogens is 14. The van der Waals surface area contributed by atoms with Crippen LogP contribution in [-0.4, -0.2) is 39.4 Å². The smallest absolute Gasteiger partial charge is 0.309 e. The maximum Gasteiger partial charge on any atom is 0.458 e. The first-order valence-corrected chi connectivity index (χ1v) is 5.69. The lowest BCUT2D eigenvalue weighted by Crippen LogP contribution is -2.68. The predicted octanol–water partition coefficient (Wildman–Crippen LogP) is 5.19. The van der Waals surface area contributed by atoms with Crippen LogP contribution in [0.2, 0.25) is 0 Å². The van der Waals surface area contributed by atoms with Gasteiger partial charge in [0.15, 0.2) is 0 Å². The average molecular weight is 415 g/mol. The lowest BCUT2D eigenvalue weighted by molar-refractivity contribution is -0.360. The van der Waals surface area contributed by atoms with Gasteiger partial charge in [-0.05, 0) is 0 Å². The van der Waals surface area contributed by atoms with Crippen LogP contribution >= 0.6 is 34.8 Å². The van der Waals surface area contributed by atoms with Crippen LogP contribution in [0.3, 0.4) is 0 Å². The summed E-state index contributed by atoms with van der Waals surface area (Å²) < 4.78 is 139. The van der Waals surface area contributed by atoms with E-state index in [1.54, 1.807) is 0 Å². The number of alkyl halides is 14. The van der Waals surface area contributed by atoms with Gasteiger partial charge in [0.25, 0.3) is 9.58 Å². The van der Waals surface area contributed by atoms with E-state index in [-0.39, 0.29) is 0 Å². The molecule has 1 rings (SSSR count). The van der Waals surface area contributed by atoms with E-state index in [0.717, 1.165) is 0 Å². The Labute approximate surface area is 128 Å². The molecule has 15 heteroatoms. The maximum absolute atomic E-state index is 13.7. The average Bonchev–Trinajstić information content (AvgIpc) is 2.33. The van der Waals surface area contributed by atoms with Crippen LogP contribution in [-0.2, 0) is 4.74 Å². The normalized spacial score (nSPS) is 35.7. The van der Waals surface area contributed by atoms with E-state index in [4.69, 9.17) is 0 Å². The van der Waals surface area contributed by atoms with Crippen LogP contribution in [0.1, 0.15) is 0 Å². The molecule has 0 aromatic rings. The topological polar surface area (TPSA) is 9.23 Å².